The molecule has 0 N–H and O–H groups in total. The third kappa shape index (κ3) is 4.84. The van der Waals surface area contributed by atoms with Crippen LogP contribution in [0.5, 0.6) is 5.75 Å². The van der Waals surface area contributed by atoms with Crippen molar-refractivity contribution in [2.24, 2.45) is 0 Å². The van der Waals surface area contributed by atoms with Crippen LogP contribution in [-0.2, 0) is 65.4 Å². The molecule has 1 rings (SSSR count). The number of hydrogen-bond donors (Lipinski definition) is 0. The fourth-order valence-corrected chi connectivity index (χ4v) is 0.320. The molecule has 1 heterocycles. The van der Waals surface area contributed by atoms with E-state index < -0.39 is 0 Å². The summed E-state index contributed by atoms with van der Waals surface area (Å²) < 4.78 is 4.68. The van der Waals surface area contributed by atoms with E-state index in [1.165, 1.54) is 13.4 Å². The molecule has 0 aliphatic heterocycles. The van der Waals surface area contributed by atoms with Crippen LogP contribution < -0.4 is 4.74 Å². The van der Waals surface area contributed by atoms with E-state index in [4.69, 9.17) is 0 Å². The van der Waals surface area contributed by atoms with E-state index in [-0.39, 0.29) is 65.4 Å². The van der Waals surface area contributed by atoms with Gasteiger partial charge >= 0.3 is 0 Å². The number of rotatable bonds is 1. The van der Waals surface area contributed by atoms with Gasteiger partial charge in [-0.1, -0.05) is 5.75 Å². The Balaban J connectivity index is 0. The van der Waals surface area contributed by atoms with Crippen LogP contribution in [0.15, 0.2) is 6.33 Å². The van der Waals surface area contributed by atoms with Crippen LogP contribution in [0.3, 0.4) is 0 Å². The van der Waals surface area contributed by atoms with Crippen LogP contribution in [0, 0.1) is 12.4 Å². The van der Waals surface area contributed by atoms with Crippen LogP contribution in [0.4, 0.5) is 0 Å². The van der Waals surface area contributed by atoms with Gasteiger partial charge in [0.1, 0.15) is 0 Å². The zero-order chi connectivity index (χ0) is 5.82. The Hall–Kier alpha value is 1.09. The van der Waals surface area contributed by atoms with Crippen LogP contribution in [-0.4, -0.2) is 17.1 Å². The molecule has 0 atom stereocenters. The molecule has 10 heavy (non-hydrogen) atoms. The third-order valence-electron chi connectivity index (χ3n) is 0.652. The molecule has 48 valence electrons. The number of hydrogen-bond acceptors (Lipinski definition) is 3. The van der Waals surface area contributed by atoms with Gasteiger partial charge in [0.15, 0.2) is 0 Å². The van der Waals surface area contributed by atoms with Crippen LogP contribution >= 0.6 is 0 Å². The first-order chi connectivity index (χ1) is 3.93. The molecule has 0 saturated carbocycles. The van der Waals surface area contributed by atoms with Gasteiger partial charge in [0.05, 0.1) is 7.11 Å². The van der Waals surface area contributed by atoms with Crippen molar-refractivity contribution in [2.45, 2.75) is 0 Å². The van der Waals surface area contributed by atoms with Gasteiger partial charge in [-0.05, 0) is 0 Å². The van der Waals surface area contributed by atoms with Crippen molar-refractivity contribution in [3.05, 3.63) is 18.7 Å². The minimum Gasteiger partial charge on any atom is -0.545 e. The maximum atomic E-state index is 4.68. The molecule has 1 aromatic rings. The predicted molar refractivity (Wildman–Crippen MR) is 26.3 cm³/mol. The van der Waals surface area contributed by atoms with E-state index in [1.807, 2.05) is 0 Å². The van der Waals surface area contributed by atoms with Crippen LogP contribution in [0.1, 0.15) is 0 Å². The molecule has 0 spiro atoms. The summed E-state index contributed by atoms with van der Waals surface area (Å²) in [6.07, 6.45) is 6.41. The van der Waals surface area contributed by atoms with Crippen molar-refractivity contribution in [2.75, 3.05) is 7.11 Å². The summed E-state index contributed by atoms with van der Waals surface area (Å²) in [7, 11) is 1.52. The van der Waals surface area contributed by atoms with Crippen molar-refractivity contribution in [1.29, 1.82) is 0 Å². The van der Waals surface area contributed by atoms with Crippen molar-refractivity contribution in [3.8, 4) is 5.75 Å². The Labute approximate surface area is 110 Å². The first-order valence-electron chi connectivity index (χ1n) is 2.08. The standard InChI is InChI=1S/C5H4N2O.2Y/c1-8-5-2-6-4-7-3-5;;/h4H,1H3;;/q-2;;. The third-order valence-corrected chi connectivity index (χ3v) is 0.652. The van der Waals surface area contributed by atoms with E-state index in [2.05, 4.69) is 27.1 Å². The summed E-state index contributed by atoms with van der Waals surface area (Å²) in [4.78, 5) is 7.13. The van der Waals surface area contributed by atoms with Gasteiger partial charge in [0, 0.05) is 65.4 Å². The second kappa shape index (κ2) is 8.19. The molecule has 5 heteroatoms. The van der Waals surface area contributed by atoms with E-state index >= 15 is 0 Å². The van der Waals surface area contributed by atoms with E-state index in [9.17, 15) is 0 Å². The van der Waals surface area contributed by atoms with Crippen LogP contribution in [0.25, 0.3) is 0 Å². The van der Waals surface area contributed by atoms with Crippen LogP contribution in [0.2, 0.25) is 0 Å². The molecular formula is C5H4N2OY2-2. The molecule has 0 bridgehead atoms. The molecule has 2 radical (unpaired) electrons. The minimum absolute atomic E-state index is 0. The number of aromatic nitrogens is 2. The molecule has 0 aliphatic carbocycles. The molecule has 0 amide bonds. The molecule has 0 saturated heterocycles. The Morgan fingerprint density at radius 1 is 1.30 bits per heavy atom. The Bertz CT molecular complexity index is 159. The monoisotopic (exact) mass is 286 g/mol. The first-order valence-corrected chi connectivity index (χ1v) is 2.08. The fraction of sp³-hybridized carbons (Fsp3) is 0.200. The van der Waals surface area contributed by atoms with Crippen molar-refractivity contribution >= 4 is 0 Å². The molecule has 1 aromatic heterocycles. The maximum Gasteiger partial charge on any atom is 0.0716 e. The first kappa shape index (κ1) is 13.7. The van der Waals surface area contributed by atoms with Crippen molar-refractivity contribution in [3.63, 3.8) is 0 Å². The number of nitrogens with zero attached hydrogens (tertiary/aromatic N) is 2. The average molecular weight is 286 g/mol. The molecular weight excluding hydrogens is 282 g/mol. The normalized spacial score (nSPS) is 6.90. The van der Waals surface area contributed by atoms with Gasteiger partial charge in [0.25, 0.3) is 0 Å². The van der Waals surface area contributed by atoms with Gasteiger partial charge in [-0.15, -0.1) is 6.33 Å². The molecule has 3 nitrogen and oxygen atoms in total. The molecule has 0 aliphatic rings. The predicted octanol–water partition coefficient (Wildman–Crippen LogP) is 0.0806. The molecule has 0 fully saturated rings. The summed E-state index contributed by atoms with van der Waals surface area (Å²) in [5, 5.41) is 0. The van der Waals surface area contributed by atoms with Gasteiger partial charge in [-0.2, -0.15) is 0 Å². The quantitative estimate of drug-likeness (QED) is 0.686. The number of methoxy groups -OCH3 is 1. The largest absolute Gasteiger partial charge is 0.545 e. The fourth-order valence-electron chi connectivity index (χ4n) is 0.320. The van der Waals surface area contributed by atoms with E-state index in [0.717, 1.165) is 0 Å². The second-order valence-electron chi connectivity index (χ2n) is 1.13. The number of ether oxygens (including phenoxy) is 1. The van der Waals surface area contributed by atoms with E-state index in [1.54, 1.807) is 0 Å². The average Bonchev–Trinajstić information content (AvgIpc) is 1.90. The minimum atomic E-state index is 0. The Morgan fingerprint density at radius 2 is 1.80 bits per heavy atom. The summed E-state index contributed by atoms with van der Waals surface area (Å²) in [5.41, 5.74) is 0. The SMILES string of the molecule is COc1[c-]ncn[c-]1.[Y].[Y]. The summed E-state index contributed by atoms with van der Waals surface area (Å²) in [6.45, 7) is 0. The summed E-state index contributed by atoms with van der Waals surface area (Å²) in [6, 6.07) is 0. The second-order valence-corrected chi connectivity index (χ2v) is 1.13. The van der Waals surface area contributed by atoms with Gasteiger partial charge in [-0.25, -0.2) is 12.4 Å². The zero-order valence-corrected chi connectivity index (χ0v) is 11.2. The molecule has 0 aromatic carbocycles. The Morgan fingerprint density at radius 3 is 2.10 bits per heavy atom. The van der Waals surface area contributed by atoms with Gasteiger partial charge in [-0.3, -0.25) is 0 Å². The van der Waals surface area contributed by atoms with E-state index in [0.29, 0.717) is 5.75 Å². The summed E-state index contributed by atoms with van der Waals surface area (Å²) >= 11 is 0. The topological polar surface area (TPSA) is 35.0 Å². The van der Waals surface area contributed by atoms with Crippen molar-refractivity contribution < 1.29 is 70.2 Å². The maximum absolute atomic E-state index is 4.68. The molecule has 0 unspecified atom stereocenters. The Kier molecular flexibility index (Phi) is 11.2. The van der Waals surface area contributed by atoms with Gasteiger partial charge in [0.2, 0.25) is 0 Å². The van der Waals surface area contributed by atoms with Gasteiger partial charge < -0.3 is 14.7 Å². The van der Waals surface area contributed by atoms with Crippen molar-refractivity contribution in [1.82, 2.24) is 9.97 Å². The zero-order valence-electron chi connectivity index (χ0n) is 5.53. The smallest absolute Gasteiger partial charge is 0.0716 e. The summed E-state index contributed by atoms with van der Waals surface area (Å²) in [5.74, 6) is 0.438.